The molecule has 7 nitrogen and oxygen atoms in total. The Bertz CT molecular complexity index is 649. The normalized spacial score (nSPS) is 23.6. The number of nitrogens with zero attached hydrogens (tertiary/aromatic N) is 5. The molecular weight excluding hydrogens is 314 g/mol. The van der Waals surface area contributed by atoms with Gasteiger partial charge in [-0.1, -0.05) is 13.8 Å². The minimum absolute atomic E-state index is 0.197. The lowest BCUT2D eigenvalue weighted by Gasteiger charge is -2.33. The summed E-state index contributed by atoms with van der Waals surface area (Å²) in [6, 6.07) is -0.243. The van der Waals surface area contributed by atoms with Gasteiger partial charge in [0, 0.05) is 25.6 Å². The lowest BCUT2D eigenvalue weighted by atomic mass is 10.2. The molecule has 3 rings (SSSR count). The van der Waals surface area contributed by atoms with E-state index >= 15 is 0 Å². The van der Waals surface area contributed by atoms with Crippen molar-refractivity contribution >= 4 is 10.0 Å². The first kappa shape index (κ1) is 16.9. The van der Waals surface area contributed by atoms with E-state index in [-0.39, 0.29) is 11.8 Å². The molecule has 3 heterocycles. The Morgan fingerprint density at radius 3 is 2.48 bits per heavy atom. The summed E-state index contributed by atoms with van der Waals surface area (Å²) in [4.78, 5) is 2.24. The number of sulfonamides is 1. The second kappa shape index (κ2) is 6.49. The van der Waals surface area contributed by atoms with Gasteiger partial charge in [-0.2, -0.15) is 4.31 Å². The van der Waals surface area contributed by atoms with Crippen LogP contribution < -0.4 is 0 Å². The van der Waals surface area contributed by atoms with Gasteiger partial charge in [0.1, 0.15) is 5.82 Å². The number of aromatic nitrogens is 3. The van der Waals surface area contributed by atoms with Crippen LogP contribution in [0.5, 0.6) is 0 Å². The fraction of sp³-hybridized carbons (Fsp3) is 0.867. The van der Waals surface area contributed by atoms with E-state index in [1.54, 1.807) is 4.31 Å². The van der Waals surface area contributed by atoms with Gasteiger partial charge in [-0.05, 0) is 32.9 Å². The fourth-order valence-corrected chi connectivity index (χ4v) is 5.22. The summed E-state index contributed by atoms with van der Waals surface area (Å²) in [6.45, 7) is 9.92. The molecule has 1 fully saturated rings. The van der Waals surface area contributed by atoms with Crippen LogP contribution in [0.3, 0.4) is 0 Å². The molecule has 0 unspecified atom stereocenters. The van der Waals surface area contributed by atoms with Gasteiger partial charge < -0.3 is 9.47 Å². The minimum Gasteiger partial charge on any atom is -0.312 e. The molecule has 0 aliphatic carbocycles. The molecule has 8 heteroatoms. The Hall–Kier alpha value is -0.990. The molecule has 1 aromatic heterocycles. The molecule has 23 heavy (non-hydrogen) atoms. The Morgan fingerprint density at radius 1 is 1.13 bits per heavy atom. The van der Waals surface area contributed by atoms with Crippen molar-refractivity contribution in [1.82, 2.24) is 24.0 Å². The van der Waals surface area contributed by atoms with E-state index in [4.69, 9.17) is 0 Å². The molecule has 1 atom stereocenters. The number of fused-ring (bicyclic) bond motifs is 1. The molecule has 0 saturated carbocycles. The predicted molar refractivity (Wildman–Crippen MR) is 88.7 cm³/mol. The third kappa shape index (κ3) is 3.29. The lowest BCUT2D eigenvalue weighted by Crippen LogP contribution is -2.44. The maximum absolute atomic E-state index is 12.7. The Labute approximate surface area is 138 Å². The van der Waals surface area contributed by atoms with Crippen LogP contribution in [0, 0.1) is 0 Å². The Morgan fingerprint density at radius 2 is 1.83 bits per heavy atom. The first-order valence-corrected chi connectivity index (χ1v) is 10.2. The van der Waals surface area contributed by atoms with Gasteiger partial charge in [0.2, 0.25) is 10.0 Å². The van der Waals surface area contributed by atoms with Gasteiger partial charge in [-0.25, -0.2) is 8.42 Å². The van der Waals surface area contributed by atoms with Crippen LogP contribution in [0.1, 0.15) is 57.2 Å². The molecule has 0 spiro atoms. The summed E-state index contributed by atoms with van der Waals surface area (Å²) in [5.41, 5.74) is 0. The molecule has 1 saturated heterocycles. The van der Waals surface area contributed by atoms with E-state index in [1.807, 2.05) is 6.92 Å². The molecule has 130 valence electrons. The van der Waals surface area contributed by atoms with Crippen molar-refractivity contribution in [2.24, 2.45) is 0 Å². The van der Waals surface area contributed by atoms with Crippen LogP contribution >= 0.6 is 0 Å². The monoisotopic (exact) mass is 341 g/mol. The van der Waals surface area contributed by atoms with Crippen LogP contribution in [-0.4, -0.2) is 64.3 Å². The average molecular weight is 341 g/mol. The second-order valence-corrected chi connectivity index (χ2v) is 8.92. The summed E-state index contributed by atoms with van der Waals surface area (Å²) in [5, 5.41) is 8.51. The van der Waals surface area contributed by atoms with Crippen molar-refractivity contribution < 1.29 is 8.42 Å². The lowest BCUT2D eigenvalue weighted by molar-refractivity contribution is 0.269. The summed E-state index contributed by atoms with van der Waals surface area (Å²) in [7, 11) is -3.26. The minimum atomic E-state index is -3.26. The van der Waals surface area contributed by atoms with Crippen LogP contribution in [0.15, 0.2) is 0 Å². The largest absolute Gasteiger partial charge is 0.312 e. The first-order valence-electron chi connectivity index (χ1n) is 8.55. The summed E-state index contributed by atoms with van der Waals surface area (Å²) in [6.07, 6.45) is 2.36. The molecule has 2 aliphatic heterocycles. The average Bonchev–Trinajstić information content (AvgIpc) is 3.15. The van der Waals surface area contributed by atoms with Crippen molar-refractivity contribution in [3.05, 3.63) is 11.6 Å². The van der Waals surface area contributed by atoms with E-state index < -0.39 is 10.0 Å². The van der Waals surface area contributed by atoms with Crippen LogP contribution in [0.25, 0.3) is 0 Å². The van der Waals surface area contributed by atoms with Gasteiger partial charge >= 0.3 is 0 Å². The van der Waals surface area contributed by atoms with Crippen LogP contribution in [-0.2, 0) is 16.6 Å². The van der Waals surface area contributed by atoms with Crippen LogP contribution in [0.2, 0.25) is 0 Å². The zero-order valence-corrected chi connectivity index (χ0v) is 15.1. The van der Waals surface area contributed by atoms with Gasteiger partial charge in [0.25, 0.3) is 0 Å². The van der Waals surface area contributed by atoms with E-state index in [0.29, 0.717) is 25.6 Å². The maximum Gasteiger partial charge on any atom is 0.216 e. The highest BCUT2D eigenvalue weighted by Crippen LogP contribution is 2.29. The Balaban J connectivity index is 1.73. The predicted octanol–water partition coefficient (Wildman–Crippen LogP) is 1.20. The molecule has 0 aromatic carbocycles. The molecular formula is C15H27N5O2S. The highest BCUT2D eigenvalue weighted by molar-refractivity contribution is 7.89. The SMILES string of the molecule is CC(C)c1nnc2n1CCN(S(=O)(=O)CCN1CCCC1)[C@@H]2C. The van der Waals surface area contributed by atoms with Crippen LogP contribution in [0.4, 0.5) is 0 Å². The van der Waals surface area contributed by atoms with Crippen molar-refractivity contribution in [3.8, 4) is 0 Å². The highest BCUT2D eigenvalue weighted by atomic mass is 32.2. The zero-order valence-electron chi connectivity index (χ0n) is 14.3. The molecule has 2 aliphatic rings. The second-order valence-electron chi connectivity index (χ2n) is 6.87. The smallest absolute Gasteiger partial charge is 0.216 e. The summed E-state index contributed by atoms with van der Waals surface area (Å²) in [5.74, 6) is 2.20. The van der Waals surface area contributed by atoms with Crippen molar-refractivity contribution in [2.45, 2.75) is 52.1 Å². The van der Waals surface area contributed by atoms with Gasteiger partial charge in [-0.3, -0.25) is 0 Å². The highest BCUT2D eigenvalue weighted by Gasteiger charge is 2.35. The maximum atomic E-state index is 12.7. The van der Waals surface area contributed by atoms with E-state index in [2.05, 4.69) is 33.5 Å². The quantitative estimate of drug-likeness (QED) is 0.805. The van der Waals surface area contributed by atoms with Crippen molar-refractivity contribution in [3.63, 3.8) is 0 Å². The third-order valence-electron chi connectivity index (χ3n) is 4.90. The van der Waals surface area contributed by atoms with E-state index in [9.17, 15) is 8.42 Å². The molecule has 0 N–H and O–H groups in total. The number of hydrogen-bond donors (Lipinski definition) is 0. The molecule has 0 bridgehead atoms. The van der Waals surface area contributed by atoms with Crippen molar-refractivity contribution in [1.29, 1.82) is 0 Å². The third-order valence-corrected chi connectivity index (χ3v) is 6.81. The number of rotatable bonds is 5. The van der Waals surface area contributed by atoms with E-state index in [1.165, 1.54) is 12.8 Å². The van der Waals surface area contributed by atoms with Gasteiger partial charge in [0.15, 0.2) is 5.82 Å². The summed E-state index contributed by atoms with van der Waals surface area (Å²) < 4.78 is 29.2. The topological polar surface area (TPSA) is 71.3 Å². The fourth-order valence-electron chi connectivity index (χ4n) is 3.56. The van der Waals surface area contributed by atoms with Crippen molar-refractivity contribution in [2.75, 3.05) is 31.9 Å². The first-order chi connectivity index (χ1) is 10.9. The summed E-state index contributed by atoms with van der Waals surface area (Å²) >= 11 is 0. The zero-order chi connectivity index (χ0) is 16.6. The molecule has 1 aromatic rings. The van der Waals surface area contributed by atoms with Gasteiger partial charge in [0.05, 0.1) is 11.8 Å². The number of likely N-dealkylation sites (tertiary alicyclic amines) is 1. The standard InChI is InChI=1S/C15H27N5O2S/c1-12(2)14-16-17-15-13(3)20(9-8-19(14)15)23(21,22)11-10-18-6-4-5-7-18/h12-13H,4-11H2,1-3H3/t13-/m1/s1. The van der Waals surface area contributed by atoms with E-state index in [0.717, 1.165) is 24.7 Å². The number of hydrogen-bond acceptors (Lipinski definition) is 5. The van der Waals surface area contributed by atoms with Gasteiger partial charge in [-0.15, -0.1) is 10.2 Å². The Kier molecular flexibility index (Phi) is 4.75. The molecule has 0 radical (unpaired) electrons. The molecule has 0 amide bonds.